The Hall–Kier alpha value is -2.11. The predicted octanol–water partition coefficient (Wildman–Crippen LogP) is 2.08. The Labute approximate surface area is 118 Å². The first-order chi connectivity index (χ1) is 9.56. The lowest BCUT2D eigenvalue weighted by molar-refractivity contribution is 0.267. The SMILES string of the molecule is CC1(Cn2nnnc2-c2cc(N)cc(N)c2)CCCC1. The Balaban J connectivity index is 1.93. The van der Waals surface area contributed by atoms with Crippen molar-refractivity contribution < 1.29 is 0 Å². The van der Waals surface area contributed by atoms with E-state index >= 15 is 0 Å². The average molecular weight is 272 g/mol. The molecule has 6 nitrogen and oxygen atoms in total. The maximum absolute atomic E-state index is 5.85. The minimum Gasteiger partial charge on any atom is -0.399 e. The van der Waals surface area contributed by atoms with Crippen molar-refractivity contribution in [3.63, 3.8) is 0 Å². The first-order valence-corrected chi connectivity index (χ1v) is 6.98. The third kappa shape index (κ3) is 2.45. The molecule has 0 unspecified atom stereocenters. The van der Waals surface area contributed by atoms with Crippen LogP contribution in [0.4, 0.5) is 11.4 Å². The first-order valence-electron chi connectivity index (χ1n) is 6.98. The zero-order valence-electron chi connectivity index (χ0n) is 11.7. The molecule has 1 aromatic heterocycles. The number of hydrogen-bond acceptors (Lipinski definition) is 5. The molecule has 106 valence electrons. The van der Waals surface area contributed by atoms with Crippen LogP contribution in [0.15, 0.2) is 18.2 Å². The number of rotatable bonds is 3. The molecule has 1 aliphatic rings. The van der Waals surface area contributed by atoms with E-state index < -0.39 is 0 Å². The smallest absolute Gasteiger partial charge is 0.182 e. The van der Waals surface area contributed by atoms with Gasteiger partial charge in [0.1, 0.15) is 0 Å². The van der Waals surface area contributed by atoms with Crippen molar-refractivity contribution in [2.75, 3.05) is 11.5 Å². The molecule has 0 aliphatic heterocycles. The molecule has 2 aromatic rings. The molecule has 0 saturated heterocycles. The number of anilines is 2. The van der Waals surface area contributed by atoms with Gasteiger partial charge in [0, 0.05) is 16.9 Å². The van der Waals surface area contributed by atoms with Crippen molar-refractivity contribution >= 4 is 11.4 Å². The van der Waals surface area contributed by atoms with Crippen molar-refractivity contribution in [1.29, 1.82) is 0 Å². The molecule has 1 aromatic carbocycles. The lowest BCUT2D eigenvalue weighted by atomic mass is 9.89. The van der Waals surface area contributed by atoms with Crippen LogP contribution < -0.4 is 11.5 Å². The molecule has 0 spiro atoms. The van der Waals surface area contributed by atoms with Gasteiger partial charge in [-0.2, -0.15) is 0 Å². The largest absolute Gasteiger partial charge is 0.399 e. The van der Waals surface area contributed by atoms with Gasteiger partial charge in [-0.25, -0.2) is 4.68 Å². The van der Waals surface area contributed by atoms with Crippen LogP contribution in [0.25, 0.3) is 11.4 Å². The Bertz CT molecular complexity index is 592. The van der Waals surface area contributed by atoms with E-state index in [1.165, 1.54) is 25.7 Å². The van der Waals surface area contributed by atoms with Gasteiger partial charge in [0.25, 0.3) is 0 Å². The average Bonchev–Trinajstić information content (AvgIpc) is 2.98. The fourth-order valence-electron chi connectivity index (χ4n) is 3.07. The minimum atomic E-state index is 0.288. The Morgan fingerprint density at radius 2 is 1.80 bits per heavy atom. The van der Waals surface area contributed by atoms with Gasteiger partial charge in [-0.3, -0.25) is 0 Å². The van der Waals surface area contributed by atoms with E-state index in [4.69, 9.17) is 11.5 Å². The van der Waals surface area contributed by atoms with Crippen molar-refractivity contribution in [1.82, 2.24) is 20.2 Å². The number of nitrogens with zero attached hydrogens (tertiary/aromatic N) is 4. The van der Waals surface area contributed by atoms with Crippen molar-refractivity contribution in [2.24, 2.45) is 5.41 Å². The minimum absolute atomic E-state index is 0.288. The van der Waals surface area contributed by atoms with Crippen molar-refractivity contribution in [3.8, 4) is 11.4 Å². The monoisotopic (exact) mass is 272 g/mol. The summed E-state index contributed by atoms with van der Waals surface area (Å²) in [5.74, 6) is 0.733. The van der Waals surface area contributed by atoms with Crippen LogP contribution in [0, 0.1) is 5.41 Å². The molecule has 1 aliphatic carbocycles. The molecule has 0 bridgehead atoms. The number of aromatic nitrogens is 4. The second-order valence-corrected chi connectivity index (χ2v) is 6.07. The number of benzene rings is 1. The molecule has 3 rings (SSSR count). The van der Waals surface area contributed by atoms with E-state index in [9.17, 15) is 0 Å². The molecular weight excluding hydrogens is 252 g/mol. The summed E-state index contributed by atoms with van der Waals surface area (Å²) < 4.78 is 1.87. The Morgan fingerprint density at radius 3 is 2.45 bits per heavy atom. The lowest BCUT2D eigenvalue weighted by Gasteiger charge is -2.23. The highest BCUT2D eigenvalue weighted by Crippen LogP contribution is 2.39. The molecule has 4 N–H and O–H groups in total. The topological polar surface area (TPSA) is 95.6 Å². The molecular formula is C14H20N6. The molecule has 6 heteroatoms. The van der Waals surface area contributed by atoms with Crippen LogP contribution in [0.3, 0.4) is 0 Å². The highest BCUT2D eigenvalue weighted by molar-refractivity contribution is 5.67. The zero-order chi connectivity index (χ0) is 14.2. The van der Waals surface area contributed by atoms with Gasteiger partial charge in [-0.15, -0.1) is 5.10 Å². The van der Waals surface area contributed by atoms with Gasteiger partial charge in [0.2, 0.25) is 0 Å². The highest BCUT2D eigenvalue weighted by atomic mass is 15.5. The number of nitrogens with two attached hydrogens (primary N) is 2. The van der Waals surface area contributed by atoms with Gasteiger partial charge in [0.15, 0.2) is 5.82 Å². The highest BCUT2D eigenvalue weighted by Gasteiger charge is 2.30. The summed E-state index contributed by atoms with van der Waals surface area (Å²) in [6.45, 7) is 3.14. The standard InChI is InChI=1S/C14H20N6/c1-14(4-2-3-5-14)9-20-13(17-18-19-20)10-6-11(15)8-12(16)7-10/h6-8H,2-5,9,15-16H2,1H3. The van der Waals surface area contributed by atoms with Gasteiger partial charge >= 0.3 is 0 Å². The molecule has 1 saturated carbocycles. The van der Waals surface area contributed by atoms with Crippen LogP contribution in [-0.4, -0.2) is 20.2 Å². The van der Waals surface area contributed by atoms with Crippen LogP contribution in [0.2, 0.25) is 0 Å². The van der Waals surface area contributed by atoms with Crippen molar-refractivity contribution in [3.05, 3.63) is 18.2 Å². The van der Waals surface area contributed by atoms with Gasteiger partial charge in [0.05, 0.1) is 6.54 Å². The summed E-state index contributed by atoms with van der Waals surface area (Å²) in [5.41, 5.74) is 14.1. The maximum Gasteiger partial charge on any atom is 0.182 e. The fourth-order valence-corrected chi connectivity index (χ4v) is 3.07. The quantitative estimate of drug-likeness (QED) is 0.834. The third-order valence-corrected chi connectivity index (χ3v) is 4.11. The molecule has 1 heterocycles. The summed E-state index contributed by atoms with van der Waals surface area (Å²) >= 11 is 0. The third-order valence-electron chi connectivity index (χ3n) is 4.11. The number of nitrogen functional groups attached to an aromatic ring is 2. The summed E-state index contributed by atoms with van der Waals surface area (Å²) in [5, 5.41) is 12.1. The Kier molecular flexibility index (Phi) is 3.08. The van der Waals surface area contributed by atoms with Crippen molar-refractivity contribution in [2.45, 2.75) is 39.2 Å². The van der Waals surface area contributed by atoms with Crippen LogP contribution in [0.1, 0.15) is 32.6 Å². The zero-order valence-corrected chi connectivity index (χ0v) is 11.7. The first kappa shape index (κ1) is 12.9. The summed E-state index contributed by atoms with van der Waals surface area (Å²) in [6.07, 6.45) is 5.04. The Morgan fingerprint density at radius 1 is 1.15 bits per heavy atom. The summed E-state index contributed by atoms with van der Waals surface area (Å²) in [6, 6.07) is 5.45. The second kappa shape index (κ2) is 4.77. The maximum atomic E-state index is 5.85. The summed E-state index contributed by atoms with van der Waals surface area (Å²) in [4.78, 5) is 0. The van der Waals surface area contributed by atoms with E-state index in [0.717, 1.165) is 17.9 Å². The van der Waals surface area contributed by atoms with Crippen LogP contribution in [-0.2, 0) is 6.54 Å². The lowest BCUT2D eigenvalue weighted by Crippen LogP contribution is -2.21. The van der Waals surface area contributed by atoms with E-state index in [0.29, 0.717) is 11.4 Å². The van der Waals surface area contributed by atoms with E-state index in [2.05, 4.69) is 22.4 Å². The molecule has 0 radical (unpaired) electrons. The van der Waals surface area contributed by atoms with E-state index in [1.54, 1.807) is 6.07 Å². The number of hydrogen-bond donors (Lipinski definition) is 2. The summed E-state index contributed by atoms with van der Waals surface area (Å²) in [7, 11) is 0. The predicted molar refractivity (Wildman–Crippen MR) is 78.7 cm³/mol. The molecule has 0 atom stereocenters. The van der Waals surface area contributed by atoms with Gasteiger partial charge in [-0.05, 0) is 46.9 Å². The van der Waals surface area contributed by atoms with Crippen LogP contribution >= 0.6 is 0 Å². The molecule has 0 amide bonds. The fraction of sp³-hybridized carbons (Fsp3) is 0.500. The van der Waals surface area contributed by atoms with Gasteiger partial charge < -0.3 is 11.5 Å². The van der Waals surface area contributed by atoms with E-state index in [1.807, 2.05) is 16.8 Å². The van der Waals surface area contributed by atoms with Gasteiger partial charge in [-0.1, -0.05) is 19.8 Å². The second-order valence-electron chi connectivity index (χ2n) is 6.07. The number of tetrazole rings is 1. The van der Waals surface area contributed by atoms with E-state index in [-0.39, 0.29) is 5.41 Å². The molecule has 20 heavy (non-hydrogen) atoms. The molecule has 1 fully saturated rings. The normalized spacial score (nSPS) is 17.4. The van der Waals surface area contributed by atoms with Crippen LogP contribution in [0.5, 0.6) is 0 Å².